The van der Waals surface area contributed by atoms with E-state index < -0.39 is 12.0 Å². The van der Waals surface area contributed by atoms with Crippen LogP contribution >= 0.6 is 11.3 Å². The maximum atomic E-state index is 14.5. The molecule has 0 unspecified atom stereocenters. The summed E-state index contributed by atoms with van der Waals surface area (Å²) in [6.07, 6.45) is 0. The monoisotopic (exact) mass is 593 g/mol. The Balaban J connectivity index is 1.69. The lowest BCUT2D eigenvalue weighted by Crippen LogP contribution is -2.41. The number of amides is 1. The molecule has 2 aliphatic heterocycles. The van der Waals surface area contributed by atoms with Crippen LogP contribution in [0.1, 0.15) is 50.4 Å². The average Bonchev–Trinajstić information content (AvgIpc) is 3.49. The Morgan fingerprint density at radius 3 is 2.30 bits per heavy atom. The maximum Gasteiger partial charge on any atom is 0.338 e. The van der Waals surface area contributed by atoms with Gasteiger partial charge >= 0.3 is 5.97 Å². The fourth-order valence-corrected chi connectivity index (χ4v) is 6.78. The van der Waals surface area contributed by atoms with E-state index in [9.17, 15) is 14.4 Å². The second-order valence-electron chi connectivity index (χ2n) is 10.4. The number of fused-ring (bicyclic) bond motifs is 2. The highest BCUT2D eigenvalue weighted by atomic mass is 32.1. The van der Waals surface area contributed by atoms with Crippen molar-refractivity contribution in [2.75, 3.05) is 18.1 Å². The molecule has 1 amide bonds. The van der Waals surface area contributed by atoms with Crippen LogP contribution in [0.2, 0.25) is 0 Å². The molecule has 3 aromatic carbocycles. The Morgan fingerprint density at radius 2 is 1.63 bits per heavy atom. The highest BCUT2D eigenvalue weighted by Gasteiger charge is 2.38. The molecule has 0 saturated heterocycles. The molecule has 1 atom stereocenters. The summed E-state index contributed by atoms with van der Waals surface area (Å²) in [6.45, 7) is 8.21. The van der Waals surface area contributed by atoms with E-state index in [4.69, 9.17) is 14.5 Å². The molecule has 0 radical (unpaired) electrons. The zero-order valence-corrected chi connectivity index (χ0v) is 25.2. The summed E-state index contributed by atoms with van der Waals surface area (Å²) in [5, 5.41) is 0. The summed E-state index contributed by atoms with van der Waals surface area (Å²) in [5.41, 5.74) is 3.52. The number of aromatic nitrogens is 1. The predicted octanol–water partition coefficient (Wildman–Crippen LogP) is 4.46. The lowest BCUT2D eigenvalue weighted by Gasteiger charge is -2.26. The van der Waals surface area contributed by atoms with E-state index in [2.05, 4.69) is 0 Å². The Bertz CT molecular complexity index is 1940. The Kier molecular flexibility index (Phi) is 7.58. The van der Waals surface area contributed by atoms with Crippen LogP contribution in [0.25, 0.3) is 11.3 Å². The molecular formula is C34H31N3O5S. The SMILES string of the molecule is CCOC(=O)C1=C(c2ccccc2)N=c2s/c(=C3\C(=O)N(C(C)C)c4ccccc43)c(=O)n2[C@H]1c1ccc(OCC)cc1. The highest BCUT2D eigenvalue weighted by Crippen LogP contribution is 2.38. The first-order valence-electron chi connectivity index (χ1n) is 14.3. The topological polar surface area (TPSA) is 90.2 Å². The fourth-order valence-electron chi connectivity index (χ4n) is 5.69. The number of carbonyl (C=O) groups excluding carboxylic acids is 2. The molecule has 4 aromatic rings. The zero-order valence-electron chi connectivity index (χ0n) is 24.4. The van der Waals surface area contributed by atoms with Gasteiger partial charge in [-0.1, -0.05) is 72.0 Å². The average molecular weight is 594 g/mol. The molecular weight excluding hydrogens is 562 g/mol. The van der Waals surface area contributed by atoms with Gasteiger partial charge in [0.2, 0.25) is 0 Å². The number of hydrogen-bond acceptors (Lipinski definition) is 7. The first-order chi connectivity index (χ1) is 20.8. The predicted molar refractivity (Wildman–Crippen MR) is 167 cm³/mol. The van der Waals surface area contributed by atoms with E-state index in [0.29, 0.717) is 39.6 Å². The number of anilines is 1. The molecule has 0 saturated carbocycles. The smallest absolute Gasteiger partial charge is 0.338 e. The molecule has 0 fully saturated rings. The van der Waals surface area contributed by atoms with Gasteiger partial charge in [-0.25, -0.2) is 9.79 Å². The lowest BCUT2D eigenvalue weighted by molar-refractivity contribution is -0.138. The number of carbonyl (C=O) groups is 2. The zero-order chi connectivity index (χ0) is 30.2. The lowest BCUT2D eigenvalue weighted by atomic mass is 9.93. The largest absolute Gasteiger partial charge is 0.494 e. The van der Waals surface area contributed by atoms with Gasteiger partial charge in [-0.15, -0.1) is 0 Å². The molecule has 6 rings (SSSR count). The normalized spacial score (nSPS) is 17.1. The van der Waals surface area contributed by atoms with Crippen molar-refractivity contribution in [3.63, 3.8) is 0 Å². The molecule has 218 valence electrons. The third-order valence-electron chi connectivity index (χ3n) is 7.47. The van der Waals surface area contributed by atoms with Gasteiger partial charge in [0.25, 0.3) is 11.5 Å². The molecule has 0 spiro atoms. The molecule has 8 nitrogen and oxygen atoms in total. The van der Waals surface area contributed by atoms with Crippen LogP contribution < -0.4 is 24.5 Å². The molecule has 0 bridgehead atoms. The van der Waals surface area contributed by atoms with Crippen molar-refractivity contribution in [3.05, 3.63) is 121 Å². The van der Waals surface area contributed by atoms with Gasteiger partial charge in [-0.3, -0.25) is 14.2 Å². The number of hydrogen-bond donors (Lipinski definition) is 0. The minimum absolute atomic E-state index is 0.105. The Morgan fingerprint density at radius 1 is 0.930 bits per heavy atom. The van der Waals surface area contributed by atoms with Crippen molar-refractivity contribution in [3.8, 4) is 5.75 Å². The van der Waals surface area contributed by atoms with E-state index in [1.807, 2.05) is 99.6 Å². The van der Waals surface area contributed by atoms with Gasteiger partial charge in [0.05, 0.1) is 41.8 Å². The summed E-state index contributed by atoms with van der Waals surface area (Å²) in [6, 6.07) is 23.3. The molecule has 0 aliphatic carbocycles. The molecule has 2 aliphatic rings. The number of benzene rings is 3. The van der Waals surface area contributed by atoms with Crippen LogP contribution in [0.4, 0.5) is 5.69 Å². The Labute approximate surface area is 252 Å². The van der Waals surface area contributed by atoms with Crippen LogP contribution in [-0.4, -0.2) is 35.7 Å². The molecule has 3 heterocycles. The Hall–Kier alpha value is -4.76. The van der Waals surface area contributed by atoms with Gasteiger partial charge in [0.1, 0.15) is 10.3 Å². The fraction of sp³-hybridized carbons (Fsp3) is 0.235. The van der Waals surface area contributed by atoms with Crippen LogP contribution in [0, 0.1) is 0 Å². The van der Waals surface area contributed by atoms with Crippen LogP contribution in [0.15, 0.2) is 94.2 Å². The third-order valence-corrected chi connectivity index (χ3v) is 8.52. The van der Waals surface area contributed by atoms with Crippen molar-refractivity contribution >= 4 is 40.2 Å². The van der Waals surface area contributed by atoms with E-state index in [1.165, 1.54) is 4.57 Å². The first kappa shape index (κ1) is 28.4. The van der Waals surface area contributed by atoms with Crippen LogP contribution in [0.5, 0.6) is 5.75 Å². The number of thiazole rings is 1. The van der Waals surface area contributed by atoms with Crippen LogP contribution in [-0.2, 0) is 14.3 Å². The second kappa shape index (κ2) is 11.5. The first-order valence-corrected chi connectivity index (χ1v) is 15.1. The van der Waals surface area contributed by atoms with Gasteiger partial charge in [-0.05, 0) is 51.5 Å². The molecule has 1 aromatic heterocycles. The van der Waals surface area contributed by atoms with E-state index in [1.54, 1.807) is 11.8 Å². The summed E-state index contributed by atoms with van der Waals surface area (Å²) >= 11 is 1.16. The number of nitrogens with zero attached hydrogens (tertiary/aromatic N) is 3. The number of para-hydroxylation sites is 1. The van der Waals surface area contributed by atoms with Gasteiger partial charge in [0.15, 0.2) is 4.80 Å². The van der Waals surface area contributed by atoms with E-state index >= 15 is 0 Å². The summed E-state index contributed by atoms with van der Waals surface area (Å²) < 4.78 is 13.0. The van der Waals surface area contributed by atoms with Crippen LogP contribution in [0.3, 0.4) is 0 Å². The molecule has 0 N–H and O–H groups in total. The third kappa shape index (κ3) is 4.79. The van der Waals surface area contributed by atoms with Crippen molar-refractivity contribution < 1.29 is 19.1 Å². The minimum Gasteiger partial charge on any atom is -0.494 e. The van der Waals surface area contributed by atoms with Gasteiger partial charge in [0, 0.05) is 17.2 Å². The van der Waals surface area contributed by atoms with Gasteiger partial charge < -0.3 is 14.4 Å². The van der Waals surface area contributed by atoms with Gasteiger partial charge in [-0.2, -0.15) is 0 Å². The highest BCUT2D eigenvalue weighted by molar-refractivity contribution is 7.07. The molecule has 43 heavy (non-hydrogen) atoms. The minimum atomic E-state index is -0.844. The van der Waals surface area contributed by atoms with Crippen molar-refractivity contribution in [2.24, 2.45) is 4.99 Å². The second-order valence-corrected chi connectivity index (χ2v) is 11.4. The number of esters is 1. The number of rotatable bonds is 7. The van der Waals surface area contributed by atoms with E-state index in [-0.39, 0.29) is 34.2 Å². The summed E-state index contributed by atoms with van der Waals surface area (Å²) in [7, 11) is 0. The van der Waals surface area contributed by atoms with Crippen molar-refractivity contribution in [2.45, 2.75) is 39.8 Å². The van der Waals surface area contributed by atoms with Crippen molar-refractivity contribution in [1.29, 1.82) is 0 Å². The summed E-state index contributed by atoms with van der Waals surface area (Å²) in [4.78, 5) is 49.1. The number of ether oxygens (including phenoxy) is 2. The quantitative estimate of drug-likeness (QED) is 0.295. The standard InChI is InChI=1S/C34H31N3O5S/c1-5-41-23-18-16-22(17-19-23)29-27(33(40)42-6-2)28(21-12-8-7-9-13-21)35-34-37(29)32(39)30(43-34)26-24-14-10-11-15-25(24)36(20(3)4)31(26)38/h7-20,29H,5-6H2,1-4H3/b30-26-/t29-/m0/s1. The van der Waals surface area contributed by atoms with E-state index in [0.717, 1.165) is 22.6 Å². The maximum absolute atomic E-state index is 14.5. The molecule has 9 heteroatoms. The van der Waals surface area contributed by atoms with Crippen molar-refractivity contribution in [1.82, 2.24) is 4.57 Å². The summed E-state index contributed by atoms with van der Waals surface area (Å²) in [5.74, 6) is -0.116.